The van der Waals surface area contributed by atoms with E-state index in [4.69, 9.17) is 18.6 Å². The highest BCUT2D eigenvalue weighted by molar-refractivity contribution is 5.90. The van der Waals surface area contributed by atoms with Crippen LogP contribution in [0.4, 0.5) is 0 Å². The summed E-state index contributed by atoms with van der Waals surface area (Å²) in [7, 11) is 0. The first kappa shape index (κ1) is 40.0. The Morgan fingerprint density at radius 1 is 0.733 bits per heavy atom. The number of hydrogen-bond acceptors (Lipinski definition) is 7. The van der Waals surface area contributed by atoms with Crippen LogP contribution in [0, 0.1) is 11.8 Å². The van der Waals surface area contributed by atoms with Crippen LogP contribution in [-0.2, 0) is 31.9 Å². The van der Waals surface area contributed by atoms with Gasteiger partial charge >= 0.3 is 17.6 Å². The predicted molar refractivity (Wildman–Crippen MR) is 233 cm³/mol. The van der Waals surface area contributed by atoms with Crippen molar-refractivity contribution in [3.05, 3.63) is 158 Å². The Morgan fingerprint density at radius 2 is 1.50 bits per heavy atom. The van der Waals surface area contributed by atoms with Crippen molar-refractivity contribution in [2.45, 2.75) is 127 Å². The maximum atomic E-state index is 14.9. The molecule has 2 fully saturated rings. The number of ether oxygens (including phenoxy) is 3. The lowest BCUT2D eigenvalue weighted by molar-refractivity contribution is -0.201. The number of carbonyl (C=O) groups is 2. The van der Waals surface area contributed by atoms with E-state index in [2.05, 4.69) is 78.9 Å². The van der Waals surface area contributed by atoms with Crippen LogP contribution in [0.1, 0.15) is 136 Å². The quantitative estimate of drug-likeness (QED) is 0.101. The smallest absolute Gasteiger partial charge is 0.336 e. The van der Waals surface area contributed by atoms with E-state index in [1.165, 1.54) is 28.3 Å². The van der Waals surface area contributed by atoms with E-state index >= 15 is 0 Å². The SMILES string of the molecule is CC(C)=C1CCc2ccc(cc2)C2CCC(c3cccc(Cc4ccccc4)c3)CC2CC(=O)OC2c3c(ccc4ccc(=O)oc34)OC(C)(C3CCCCC3)C2OC1=O. The van der Waals surface area contributed by atoms with Gasteiger partial charge in [0.15, 0.2) is 12.2 Å². The number of hydrogen-bond donors (Lipinski definition) is 0. The van der Waals surface area contributed by atoms with E-state index < -0.39 is 29.4 Å². The van der Waals surface area contributed by atoms with Gasteiger partial charge in [-0.05, 0) is 136 Å². The van der Waals surface area contributed by atoms with Crippen LogP contribution in [0.15, 0.2) is 123 Å². The van der Waals surface area contributed by atoms with Gasteiger partial charge in [-0.25, -0.2) is 9.59 Å². The molecular formula is C53H56O7. The van der Waals surface area contributed by atoms with Crippen molar-refractivity contribution in [3.8, 4) is 5.75 Å². The van der Waals surface area contributed by atoms with Gasteiger partial charge in [0.25, 0.3) is 0 Å². The Labute approximate surface area is 353 Å². The molecule has 310 valence electrons. The second-order valence-electron chi connectivity index (χ2n) is 18.2. The summed E-state index contributed by atoms with van der Waals surface area (Å²) in [5, 5.41) is 0.671. The Hall–Kier alpha value is -5.43. The first-order chi connectivity index (χ1) is 29.1. The summed E-state index contributed by atoms with van der Waals surface area (Å²) in [6.45, 7) is 5.91. The fourth-order valence-electron chi connectivity index (χ4n) is 10.9. The monoisotopic (exact) mass is 804 g/mol. The fraction of sp³-hybridized carbons (Fsp3) is 0.415. The zero-order chi connectivity index (χ0) is 41.4. The molecule has 6 unspecified atom stereocenters. The lowest BCUT2D eigenvalue weighted by Gasteiger charge is -2.50. The van der Waals surface area contributed by atoms with Crippen LogP contribution in [0.3, 0.4) is 0 Å². The van der Waals surface area contributed by atoms with Crippen LogP contribution >= 0.6 is 0 Å². The molecule has 2 bridgehead atoms. The van der Waals surface area contributed by atoms with Crippen LogP contribution in [0.2, 0.25) is 0 Å². The standard InChI is InChI=1S/C53H56O7/c1-33(2)43-25-19-34-17-20-37(21-18-34)44-26-22-40(39-14-10-13-36(30-39)29-35-11-6-4-7-12-35)31-41(44)32-47(55)58-50-48-45(27-23-38-24-28-46(54)57-49(38)48)60-53(3,51(50)59-52(43)56)42-15-8-5-9-16-42/h4,6-7,10-14,17-18,20-21,23-24,27-28,30,40-42,44,50-51H,5,8-9,15-16,19,22,25-26,29,31-32H2,1-3H3. The molecule has 3 aliphatic heterocycles. The largest absolute Gasteiger partial charge is 0.483 e. The summed E-state index contributed by atoms with van der Waals surface area (Å²) in [6.07, 6.45) is 7.97. The minimum Gasteiger partial charge on any atom is -0.483 e. The number of aryl methyl sites for hydroxylation is 1. The predicted octanol–water partition coefficient (Wildman–Crippen LogP) is 11.7. The van der Waals surface area contributed by atoms with Crippen LogP contribution < -0.4 is 10.4 Å². The van der Waals surface area contributed by atoms with Crippen molar-refractivity contribution in [1.82, 2.24) is 0 Å². The molecule has 5 aromatic rings. The number of benzene rings is 4. The average Bonchev–Trinajstić information content (AvgIpc) is 3.25. The summed E-state index contributed by atoms with van der Waals surface area (Å²) in [5.74, 6) is 0.167. The van der Waals surface area contributed by atoms with E-state index in [0.29, 0.717) is 35.1 Å². The minimum atomic E-state index is -1.07. The average molecular weight is 805 g/mol. The molecule has 1 aromatic heterocycles. The third kappa shape index (κ3) is 8.08. The molecule has 10 rings (SSSR count). The molecule has 5 aliphatic rings. The molecule has 4 heterocycles. The summed E-state index contributed by atoms with van der Waals surface area (Å²) < 4.78 is 26.5. The van der Waals surface area contributed by atoms with Crippen LogP contribution in [0.25, 0.3) is 11.0 Å². The number of carbonyl (C=O) groups excluding carboxylic acids is 2. The Bertz CT molecular complexity index is 2450. The molecule has 2 aliphatic carbocycles. The van der Waals surface area contributed by atoms with Crippen molar-refractivity contribution in [3.63, 3.8) is 0 Å². The molecule has 0 amide bonds. The van der Waals surface area contributed by atoms with Crippen molar-refractivity contribution >= 4 is 22.9 Å². The molecule has 0 N–H and O–H groups in total. The first-order valence-corrected chi connectivity index (χ1v) is 22.2. The second kappa shape index (κ2) is 16.9. The topological polar surface area (TPSA) is 92.0 Å². The molecule has 4 aromatic carbocycles. The van der Waals surface area contributed by atoms with E-state index in [0.717, 1.165) is 68.9 Å². The maximum absolute atomic E-state index is 14.9. The molecule has 60 heavy (non-hydrogen) atoms. The molecule has 0 spiro atoms. The summed E-state index contributed by atoms with van der Waals surface area (Å²) in [4.78, 5) is 42.3. The summed E-state index contributed by atoms with van der Waals surface area (Å²) in [5.41, 5.74) is 6.91. The first-order valence-electron chi connectivity index (χ1n) is 22.2. The van der Waals surface area contributed by atoms with Crippen LogP contribution in [0.5, 0.6) is 5.75 Å². The number of rotatable bonds is 4. The van der Waals surface area contributed by atoms with Gasteiger partial charge in [0.05, 0.1) is 5.56 Å². The van der Waals surface area contributed by atoms with Gasteiger partial charge in [0.1, 0.15) is 16.9 Å². The third-order valence-corrected chi connectivity index (χ3v) is 14.2. The van der Waals surface area contributed by atoms with Gasteiger partial charge in [-0.2, -0.15) is 0 Å². The number of fused-ring (bicyclic) bond motifs is 11. The zero-order valence-electron chi connectivity index (χ0n) is 35.1. The highest BCUT2D eigenvalue weighted by Crippen LogP contribution is 2.52. The highest BCUT2D eigenvalue weighted by atomic mass is 16.6. The van der Waals surface area contributed by atoms with E-state index in [1.807, 2.05) is 32.9 Å². The zero-order valence-corrected chi connectivity index (χ0v) is 35.1. The Morgan fingerprint density at radius 3 is 2.28 bits per heavy atom. The number of esters is 2. The van der Waals surface area contributed by atoms with Gasteiger partial charge in [0.2, 0.25) is 0 Å². The summed E-state index contributed by atoms with van der Waals surface area (Å²) in [6, 6.07) is 35.2. The van der Waals surface area contributed by atoms with Crippen molar-refractivity contribution in [2.75, 3.05) is 0 Å². The molecule has 2 saturated carbocycles. The third-order valence-electron chi connectivity index (χ3n) is 14.2. The Kier molecular flexibility index (Phi) is 11.3. The second-order valence-corrected chi connectivity index (χ2v) is 18.2. The van der Waals surface area contributed by atoms with Gasteiger partial charge in [0, 0.05) is 29.4 Å². The van der Waals surface area contributed by atoms with Gasteiger partial charge < -0.3 is 18.6 Å². The molecule has 7 heteroatoms. The maximum Gasteiger partial charge on any atom is 0.336 e. The molecule has 0 radical (unpaired) electrons. The van der Waals surface area contributed by atoms with Crippen molar-refractivity contribution in [2.24, 2.45) is 11.8 Å². The minimum absolute atomic E-state index is 0.000510. The van der Waals surface area contributed by atoms with Gasteiger partial charge in [-0.15, -0.1) is 0 Å². The van der Waals surface area contributed by atoms with Gasteiger partial charge in [-0.1, -0.05) is 104 Å². The Balaban J connectivity index is 1.12. The van der Waals surface area contributed by atoms with Crippen LogP contribution in [-0.4, -0.2) is 23.6 Å². The van der Waals surface area contributed by atoms with Crippen molar-refractivity contribution < 1.29 is 28.2 Å². The van der Waals surface area contributed by atoms with E-state index in [1.54, 1.807) is 6.07 Å². The molecular weight excluding hydrogens is 749 g/mol. The van der Waals surface area contributed by atoms with E-state index in [9.17, 15) is 14.4 Å². The van der Waals surface area contributed by atoms with E-state index in [-0.39, 0.29) is 41.6 Å². The highest BCUT2D eigenvalue weighted by Gasteiger charge is 2.56. The lowest BCUT2D eigenvalue weighted by Crippen LogP contribution is -2.58. The molecule has 7 nitrogen and oxygen atoms in total. The summed E-state index contributed by atoms with van der Waals surface area (Å²) >= 11 is 0. The normalized spacial score (nSPS) is 26.2. The number of allylic oxidation sites excluding steroid dienone is 1. The van der Waals surface area contributed by atoms with Gasteiger partial charge in [-0.3, -0.25) is 4.79 Å². The molecule has 6 atom stereocenters. The fourth-order valence-corrected chi connectivity index (χ4v) is 10.9. The lowest BCUT2D eigenvalue weighted by atomic mass is 9.68. The molecule has 0 saturated heterocycles. The van der Waals surface area contributed by atoms with Crippen molar-refractivity contribution in [1.29, 1.82) is 0 Å².